The average molecular weight is 866 g/mol. The Kier molecular flexibility index (Phi) is 13.5. The van der Waals surface area contributed by atoms with E-state index in [9.17, 15) is 0 Å². The average Bonchev–Trinajstić information content (AvgIpc) is 3.12. The van der Waals surface area contributed by atoms with Crippen LogP contribution in [0.3, 0.4) is 0 Å². The summed E-state index contributed by atoms with van der Waals surface area (Å²) in [7, 11) is -2.18. The van der Waals surface area contributed by atoms with Crippen LogP contribution in [0.25, 0.3) is 0 Å². The van der Waals surface area contributed by atoms with Crippen LogP contribution in [0.4, 0.5) is 0 Å². The molecule has 0 radical (unpaired) electrons. The molecule has 0 unspecified atom stereocenters. The maximum atomic E-state index is 7.06. The molecule has 2 atom stereocenters. The van der Waals surface area contributed by atoms with Gasteiger partial charge in [0.2, 0.25) is 0 Å². The summed E-state index contributed by atoms with van der Waals surface area (Å²) in [5.41, 5.74) is 4.26. The van der Waals surface area contributed by atoms with E-state index in [4.69, 9.17) is 23.4 Å². The van der Waals surface area contributed by atoms with Gasteiger partial charge in [-0.3, -0.25) is 0 Å². The summed E-state index contributed by atoms with van der Waals surface area (Å²) in [6.07, 6.45) is -0.711. The molecule has 5 aromatic rings. The van der Waals surface area contributed by atoms with Gasteiger partial charge in [-0.2, -0.15) is 0 Å². The number of hydrogen-bond donors (Lipinski definition) is 0. The van der Waals surface area contributed by atoms with Gasteiger partial charge >= 0.3 is 0 Å². The van der Waals surface area contributed by atoms with Gasteiger partial charge in [0.05, 0.1) is 9.67 Å². The van der Waals surface area contributed by atoms with Crippen molar-refractivity contribution < 1.29 is 23.4 Å². The Hall–Kier alpha value is -3.31. The zero-order valence-corrected chi connectivity index (χ0v) is 34.1. The van der Waals surface area contributed by atoms with Gasteiger partial charge in [-0.25, -0.2) is 0 Å². The summed E-state index contributed by atoms with van der Waals surface area (Å²) in [5.74, 6) is 2.81. The molecular formula is C42H46BrIO5Si. The predicted molar refractivity (Wildman–Crippen MR) is 217 cm³/mol. The van der Waals surface area contributed by atoms with E-state index in [0.717, 1.165) is 31.6 Å². The molecule has 0 aromatic heterocycles. The van der Waals surface area contributed by atoms with Crippen LogP contribution in [0.2, 0.25) is 18.1 Å². The normalized spacial score (nSPS) is 12.9. The van der Waals surface area contributed by atoms with Gasteiger partial charge in [-0.05, 0) is 75.1 Å². The largest absolute Gasteiger partial charge is 0.489 e. The summed E-state index contributed by atoms with van der Waals surface area (Å²) in [4.78, 5) is 0. The van der Waals surface area contributed by atoms with E-state index in [2.05, 4.69) is 121 Å². The van der Waals surface area contributed by atoms with Crippen molar-refractivity contribution in [3.63, 3.8) is 0 Å². The standard InChI is InChI=1S/C42H46BrIO5Si/c1-42(2,3)50(4,5)49-39(27-43)41(34-21-23-35(24-22-34)45-28-31-15-9-6-10-16-31)48-38-26-36(46-29-32-17-11-7-12-18-32)25-37(40(38)44)47-30-33-19-13-8-14-20-33/h6-26,39,41H,27-30H2,1-5H3/t39-,41+/m1/s1. The van der Waals surface area contributed by atoms with Gasteiger partial charge in [0.15, 0.2) is 8.32 Å². The minimum atomic E-state index is -2.18. The summed E-state index contributed by atoms with van der Waals surface area (Å²) >= 11 is 6.12. The SMILES string of the molecule is CC(C)(C)[Si](C)(C)O[C@H](CBr)[C@@H](Oc1cc(OCc2ccccc2)cc(OCc2ccccc2)c1I)c1ccc(OCc2ccccc2)cc1. The van der Waals surface area contributed by atoms with Crippen molar-refractivity contribution in [2.24, 2.45) is 0 Å². The zero-order chi connectivity index (χ0) is 35.6. The van der Waals surface area contributed by atoms with Crippen molar-refractivity contribution >= 4 is 46.8 Å². The minimum Gasteiger partial charge on any atom is -0.489 e. The summed E-state index contributed by atoms with van der Waals surface area (Å²) in [6, 6.07) is 42.5. The number of rotatable bonds is 16. The van der Waals surface area contributed by atoms with Gasteiger partial charge in [0.25, 0.3) is 0 Å². The number of hydrogen-bond acceptors (Lipinski definition) is 5. The fraction of sp³-hybridized carbons (Fsp3) is 0.286. The third kappa shape index (κ3) is 10.6. The lowest BCUT2D eigenvalue weighted by atomic mass is 10.0. The third-order valence-corrected chi connectivity index (χ3v) is 15.1. The van der Waals surface area contributed by atoms with Gasteiger partial charge < -0.3 is 23.4 Å². The number of alkyl halides is 1. The third-order valence-electron chi connectivity index (χ3n) is 8.92. The molecule has 0 bridgehead atoms. The highest BCUT2D eigenvalue weighted by Gasteiger charge is 2.41. The molecule has 0 aliphatic carbocycles. The van der Waals surface area contributed by atoms with Crippen LogP contribution in [0, 0.1) is 3.57 Å². The second kappa shape index (κ2) is 17.8. The van der Waals surface area contributed by atoms with Crippen molar-refractivity contribution in [2.45, 2.75) is 70.9 Å². The molecule has 0 N–H and O–H groups in total. The first-order chi connectivity index (χ1) is 24.0. The molecule has 0 fully saturated rings. The highest BCUT2D eigenvalue weighted by molar-refractivity contribution is 14.1. The first-order valence-electron chi connectivity index (χ1n) is 16.9. The van der Waals surface area contributed by atoms with E-state index in [1.807, 2.05) is 78.9 Å². The smallest absolute Gasteiger partial charge is 0.192 e. The van der Waals surface area contributed by atoms with Crippen LogP contribution in [-0.2, 0) is 24.2 Å². The molecule has 262 valence electrons. The van der Waals surface area contributed by atoms with Crippen molar-refractivity contribution in [3.05, 3.63) is 153 Å². The van der Waals surface area contributed by atoms with Crippen molar-refractivity contribution in [3.8, 4) is 23.0 Å². The molecule has 0 saturated carbocycles. The monoisotopic (exact) mass is 864 g/mol. The van der Waals surface area contributed by atoms with Crippen LogP contribution in [-0.4, -0.2) is 19.8 Å². The topological polar surface area (TPSA) is 46.2 Å². The molecule has 5 rings (SSSR count). The van der Waals surface area contributed by atoms with Gasteiger partial charge in [-0.15, -0.1) is 0 Å². The Balaban J connectivity index is 1.48. The molecule has 50 heavy (non-hydrogen) atoms. The van der Waals surface area contributed by atoms with E-state index in [1.54, 1.807) is 0 Å². The number of ether oxygens (including phenoxy) is 4. The van der Waals surface area contributed by atoms with Crippen LogP contribution < -0.4 is 18.9 Å². The lowest BCUT2D eigenvalue weighted by molar-refractivity contribution is 0.0582. The van der Waals surface area contributed by atoms with Gasteiger partial charge in [0, 0.05) is 17.5 Å². The first-order valence-corrected chi connectivity index (χ1v) is 22.0. The molecule has 0 spiro atoms. The first kappa shape index (κ1) is 37.9. The Morgan fingerprint density at radius 2 is 1.08 bits per heavy atom. The highest BCUT2D eigenvalue weighted by Crippen LogP contribution is 2.42. The Bertz CT molecular complexity index is 1760. The highest BCUT2D eigenvalue weighted by atomic mass is 127. The minimum absolute atomic E-state index is 0.0190. The summed E-state index contributed by atoms with van der Waals surface area (Å²) < 4.78 is 33.9. The quantitative estimate of drug-likeness (QED) is 0.0562. The molecule has 0 saturated heterocycles. The van der Waals surface area contributed by atoms with E-state index < -0.39 is 14.4 Å². The van der Waals surface area contributed by atoms with Crippen molar-refractivity contribution in [2.75, 3.05) is 5.33 Å². The maximum absolute atomic E-state index is 7.06. The lowest BCUT2D eigenvalue weighted by Gasteiger charge is -2.41. The fourth-order valence-electron chi connectivity index (χ4n) is 5.02. The van der Waals surface area contributed by atoms with Crippen LogP contribution in [0.5, 0.6) is 23.0 Å². The van der Waals surface area contributed by atoms with Crippen LogP contribution in [0.1, 0.15) is 49.1 Å². The predicted octanol–water partition coefficient (Wildman–Crippen LogP) is 11.9. The van der Waals surface area contributed by atoms with Crippen LogP contribution in [0.15, 0.2) is 127 Å². The second-order valence-electron chi connectivity index (χ2n) is 13.7. The van der Waals surface area contributed by atoms with Crippen molar-refractivity contribution in [1.82, 2.24) is 0 Å². The molecule has 0 heterocycles. The Morgan fingerprint density at radius 1 is 0.620 bits per heavy atom. The van der Waals surface area contributed by atoms with Crippen LogP contribution >= 0.6 is 38.5 Å². The Morgan fingerprint density at radius 3 is 1.56 bits per heavy atom. The van der Waals surface area contributed by atoms with Crippen molar-refractivity contribution in [1.29, 1.82) is 0 Å². The maximum Gasteiger partial charge on any atom is 0.192 e. The number of benzene rings is 5. The summed E-state index contributed by atoms with van der Waals surface area (Å²) in [6.45, 7) is 12.7. The number of halogens is 2. The van der Waals surface area contributed by atoms with E-state index in [0.29, 0.717) is 42.4 Å². The molecular weight excluding hydrogens is 819 g/mol. The molecule has 8 heteroatoms. The molecule has 0 amide bonds. The molecule has 0 aliphatic rings. The second-order valence-corrected chi connectivity index (χ2v) is 20.2. The Labute approximate surface area is 320 Å². The van der Waals surface area contributed by atoms with Gasteiger partial charge in [-0.1, -0.05) is 140 Å². The van der Waals surface area contributed by atoms with E-state index in [-0.39, 0.29) is 11.1 Å². The lowest BCUT2D eigenvalue weighted by Crippen LogP contribution is -2.46. The van der Waals surface area contributed by atoms with E-state index in [1.165, 1.54) is 0 Å². The fourth-order valence-corrected chi connectivity index (χ4v) is 7.65. The van der Waals surface area contributed by atoms with E-state index >= 15 is 0 Å². The molecule has 0 aliphatic heterocycles. The zero-order valence-electron chi connectivity index (χ0n) is 29.4. The summed E-state index contributed by atoms with van der Waals surface area (Å²) in [5, 5.41) is 0.611. The van der Waals surface area contributed by atoms with Gasteiger partial charge in [0.1, 0.15) is 48.9 Å². The molecule has 5 nitrogen and oxygen atoms in total. The molecule has 5 aromatic carbocycles.